The average molecular weight is 177 g/mol. The van der Waals surface area contributed by atoms with Gasteiger partial charge in [0.25, 0.3) is 0 Å². The van der Waals surface area contributed by atoms with Gasteiger partial charge in [-0.25, -0.2) is 0 Å². The highest BCUT2D eigenvalue weighted by Gasteiger charge is 2.26. The second kappa shape index (κ2) is 4.42. The topological polar surface area (TPSA) is 43.2 Å². The van der Waals surface area contributed by atoms with Gasteiger partial charge in [0.05, 0.1) is 0 Å². The van der Waals surface area contributed by atoms with Crippen molar-refractivity contribution in [3.05, 3.63) is 43.0 Å². The number of nitrogens with zero attached hydrogens (tertiary/aromatic N) is 1. The second-order valence-corrected chi connectivity index (χ2v) is 2.52. The van der Waals surface area contributed by atoms with Crippen LogP contribution in [0.25, 0.3) is 0 Å². The van der Waals surface area contributed by atoms with Crippen LogP contribution < -0.4 is 4.90 Å². The Morgan fingerprint density at radius 3 is 2.54 bits per heavy atom. The first kappa shape index (κ1) is 9.48. The molecule has 0 bridgehead atoms. The molecule has 1 radical (unpaired) electrons. The molecule has 1 amide bonds. The first-order chi connectivity index (χ1) is 6.25. The molecule has 1 aromatic rings. The SMILES string of the molecule is C=CC[N+](C(=O)O)c1ccccc1. The van der Waals surface area contributed by atoms with Gasteiger partial charge < -0.3 is 5.11 Å². The van der Waals surface area contributed by atoms with Crippen molar-refractivity contribution in [2.75, 3.05) is 6.54 Å². The Morgan fingerprint density at radius 2 is 2.08 bits per heavy atom. The van der Waals surface area contributed by atoms with Crippen LogP contribution in [-0.2, 0) is 0 Å². The third kappa shape index (κ3) is 2.42. The standard InChI is InChI=1S/C10H11NO2/c1-2-8-11(10(12)13)9-6-4-3-5-7-9/h2-7H,1,8H2,(H,12,13)/q+1. The highest BCUT2D eigenvalue weighted by molar-refractivity contribution is 5.75. The van der Waals surface area contributed by atoms with Crippen LogP contribution in [-0.4, -0.2) is 17.7 Å². The van der Waals surface area contributed by atoms with Crippen LogP contribution >= 0.6 is 0 Å². The minimum absolute atomic E-state index is 0.305. The maximum atomic E-state index is 10.8. The Morgan fingerprint density at radius 1 is 1.46 bits per heavy atom. The molecule has 0 aliphatic rings. The number of rotatable bonds is 3. The quantitative estimate of drug-likeness (QED) is 0.568. The summed E-state index contributed by atoms with van der Waals surface area (Å²) in [6.45, 7) is 3.81. The Bertz CT molecular complexity index is 295. The summed E-state index contributed by atoms with van der Waals surface area (Å²) < 4.78 is 0. The van der Waals surface area contributed by atoms with Gasteiger partial charge in [-0.15, -0.1) is 0 Å². The molecule has 13 heavy (non-hydrogen) atoms. The molecule has 0 spiro atoms. The molecular formula is C10H11NO2+. The van der Waals surface area contributed by atoms with E-state index in [4.69, 9.17) is 5.11 Å². The molecule has 0 heterocycles. The Balaban J connectivity index is 2.88. The monoisotopic (exact) mass is 177 g/mol. The zero-order valence-corrected chi connectivity index (χ0v) is 7.18. The van der Waals surface area contributed by atoms with E-state index in [0.29, 0.717) is 12.2 Å². The van der Waals surface area contributed by atoms with Gasteiger partial charge >= 0.3 is 6.09 Å². The molecule has 1 rings (SSSR count). The number of anilines is 1. The maximum absolute atomic E-state index is 10.8. The van der Waals surface area contributed by atoms with E-state index in [0.717, 1.165) is 0 Å². The minimum atomic E-state index is -0.967. The highest BCUT2D eigenvalue weighted by Crippen LogP contribution is 2.12. The summed E-state index contributed by atoms with van der Waals surface area (Å²) in [5, 5.41) is 8.84. The van der Waals surface area contributed by atoms with Crippen molar-refractivity contribution in [1.82, 2.24) is 4.90 Å². The summed E-state index contributed by atoms with van der Waals surface area (Å²) in [6.07, 6.45) is 0.590. The van der Waals surface area contributed by atoms with E-state index in [1.807, 2.05) is 6.07 Å². The van der Waals surface area contributed by atoms with Crippen LogP contribution in [0.15, 0.2) is 43.0 Å². The van der Waals surface area contributed by atoms with Crippen molar-refractivity contribution < 1.29 is 9.90 Å². The van der Waals surface area contributed by atoms with Crippen molar-refractivity contribution >= 4 is 11.8 Å². The lowest BCUT2D eigenvalue weighted by atomic mass is 10.3. The number of hydrogen-bond acceptors (Lipinski definition) is 1. The third-order valence-electron chi connectivity index (χ3n) is 1.61. The molecule has 3 nitrogen and oxygen atoms in total. The first-order valence-corrected chi connectivity index (χ1v) is 3.92. The summed E-state index contributed by atoms with van der Waals surface area (Å²) >= 11 is 0. The smallest absolute Gasteiger partial charge is 0.431 e. The molecule has 67 valence electrons. The normalized spacial score (nSPS) is 9.92. The molecular weight excluding hydrogens is 166 g/mol. The minimum Gasteiger partial charge on any atom is -0.431 e. The largest absolute Gasteiger partial charge is 0.569 e. The molecule has 0 aliphatic heterocycles. The second-order valence-electron chi connectivity index (χ2n) is 2.52. The van der Waals surface area contributed by atoms with Crippen LogP contribution in [0, 0.1) is 0 Å². The zero-order valence-electron chi connectivity index (χ0n) is 7.18. The van der Waals surface area contributed by atoms with Gasteiger partial charge in [0, 0.05) is 12.1 Å². The molecule has 0 saturated heterocycles. The lowest BCUT2D eigenvalue weighted by Crippen LogP contribution is -2.30. The van der Waals surface area contributed by atoms with Crippen LogP contribution in [0.3, 0.4) is 0 Å². The molecule has 0 aromatic heterocycles. The fraction of sp³-hybridized carbons (Fsp3) is 0.100. The average Bonchev–Trinajstić information content (AvgIpc) is 2.15. The summed E-state index contributed by atoms with van der Waals surface area (Å²) in [5.41, 5.74) is 0.662. The van der Waals surface area contributed by atoms with Gasteiger partial charge in [-0.3, -0.25) is 0 Å². The van der Waals surface area contributed by atoms with Crippen molar-refractivity contribution in [2.24, 2.45) is 0 Å². The van der Waals surface area contributed by atoms with Crippen molar-refractivity contribution in [1.29, 1.82) is 0 Å². The number of amides is 1. The van der Waals surface area contributed by atoms with Gasteiger partial charge in [-0.1, -0.05) is 24.8 Å². The van der Waals surface area contributed by atoms with E-state index in [9.17, 15) is 4.79 Å². The lowest BCUT2D eigenvalue weighted by molar-refractivity contribution is 0.185. The van der Waals surface area contributed by atoms with E-state index in [1.54, 1.807) is 30.3 Å². The van der Waals surface area contributed by atoms with Gasteiger partial charge in [0.15, 0.2) is 12.2 Å². The van der Waals surface area contributed by atoms with Gasteiger partial charge in [0.1, 0.15) is 0 Å². The van der Waals surface area contributed by atoms with Crippen molar-refractivity contribution in [3.8, 4) is 0 Å². The molecule has 0 aliphatic carbocycles. The van der Waals surface area contributed by atoms with Crippen molar-refractivity contribution in [3.63, 3.8) is 0 Å². The highest BCUT2D eigenvalue weighted by atomic mass is 16.4. The lowest BCUT2D eigenvalue weighted by Gasteiger charge is -2.01. The van der Waals surface area contributed by atoms with Crippen molar-refractivity contribution in [2.45, 2.75) is 0 Å². The van der Waals surface area contributed by atoms with E-state index in [-0.39, 0.29) is 0 Å². The molecule has 3 heteroatoms. The maximum Gasteiger partial charge on any atom is 0.569 e. The van der Waals surface area contributed by atoms with E-state index >= 15 is 0 Å². The Kier molecular flexibility index (Phi) is 3.23. The van der Waals surface area contributed by atoms with E-state index in [2.05, 4.69) is 6.58 Å². The Labute approximate surface area is 76.9 Å². The number of carbonyl (C=O) groups is 1. The Hall–Kier alpha value is -1.61. The zero-order chi connectivity index (χ0) is 9.68. The number of para-hydroxylation sites is 1. The first-order valence-electron chi connectivity index (χ1n) is 3.92. The number of benzene rings is 1. The van der Waals surface area contributed by atoms with Crippen LogP contribution in [0.2, 0.25) is 0 Å². The van der Waals surface area contributed by atoms with Crippen LogP contribution in [0.5, 0.6) is 0 Å². The molecule has 0 unspecified atom stereocenters. The van der Waals surface area contributed by atoms with Gasteiger partial charge in [-0.05, 0) is 11.0 Å². The predicted molar refractivity (Wildman–Crippen MR) is 51.3 cm³/mol. The molecule has 0 fully saturated rings. The third-order valence-corrected chi connectivity index (χ3v) is 1.61. The van der Waals surface area contributed by atoms with Crippen LogP contribution in [0.1, 0.15) is 0 Å². The molecule has 1 N–H and O–H groups in total. The summed E-state index contributed by atoms with van der Waals surface area (Å²) in [6, 6.07) is 8.94. The molecule has 1 aromatic carbocycles. The molecule has 0 atom stereocenters. The predicted octanol–water partition coefficient (Wildman–Crippen LogP) is 2.32. The fourth-order valence-corrected chi connectivity index (χ4v) is 1.03. The van der Waals surface area contributed by atoms with E-state index < -0.39 is 6.09 Å². The van der Waals surface area contributed by atoms with Gasteiger partial charge in [-0.2, -0.15) is 4.79 Å². The summed E-state index contributed by atoms with van der Waals surface area (Å²) in [7, 11) is 0. The van der Waals surface area contributed by atoms with Crippen LogP contribution in [0.4, 0.5) is 10.5 Å². The van der Waals surface area contributed by atoms with E-state index in [1.165, 1.54) is 4.90 Å². The van der Waals surface area contributed by atoms with Gasteiger partial charge in [0.2, 0.25) is 0 Å². The number of hydrogen-bond donors (Lipinski definition) is 1. The summed E-state index contributed by atoms with van der Waals surface area (Å²) in [5.74, 6) is 0. The fourth-order valence-electron chi connectivity index (χ4n) is 1.03. The molecule has 0 saturated carbocycles. The summed E-state index contributed by atoms with van der Waals surface area (Å²) in [4.78, 5) is 12.0. The number of carboxylic acid groups (broad SMARTS) is 1.